The molecular weight excluding hydrogens is 380 g/mol. The molecule has 0 unspecified atom stereocenters. The highest BCUT2D eigenvalue weighted by atomic mass is 16.3. The van der Waals surface area contributed by atoms with Gasteiger partial charge in [-0.2, -0.15) is 9.67 Å². The normalized spacial score (nSPS) is 17.5. The van der Waals surface area contributed by atoms with Gasteiger partial charge in [0.2, 0.25) is 11.9 Å². The third-order valence-electron chi connectivity index (χ3n) is 5.04. The quantitative estimate of drug-likeness (QED) is 0.402. The molecule has 0 aliphatic heterocycles. The lowest BCUT2D eigenvalue weighted by Crippen LogP contribution is -2.22. The molecule has 2 heterocycles. The summed E-state index contributed by atoms with van der Waals surface area (Å²) in [6.07, 6.45) is 1.51. The first kappa shape index (κ1) is 18.1. The minimum Gasteiger partial charge on any atom is -0.390 e. The van der Waals surface area contributed by atoms with Crippen molar-refractivity contribution in [3.63, 3.8) is 0 Å². The Morgan fingerprint density at radius 1 is 1.03 bits per heavy atom. The number of fused-ring (bicyclic) bond motifs is 1. The van der Waals surface area contributed by atoms with Gasteiger partial charge in [0.15, 0.2) is 5.82 Å². The summed E-state index contributed by atoms with van der Waals surface area (Å²) in [5, 5.41) is 21.3. The molecule has 2 aromatic carbocycles. The van der Waals surface area contributed by atoms with Crippen molar-refractivity contribution >= 4 is 23.4 Å². The van der Waals surface area contributed by atoms with Gasteiger partial charge < -0.3 is 21.5 Å². The zero-order valence-corrected chi connectivity index (χ0v) is 16.0. The Morgan fingerprint density at radius 2 is 1.83 bits per heavy atom. The highest BCUT2D eigenvalue weighted by Gasteiger charge is 2.31. The maximum Gasteiger partial charge on any atom is 0.248 e. The molecule has 2 aromatic heterocycles. The number of rotatable bonds is 5. The maximum absolute atomic E-state index is 10.5. The van der Waals surface area contributed by atoms with Crippen LogP contribution in [0.4, 0.5) is 23.4 Å². The molecule has 1 aliphatic rings. The third kappa shape index (κ3) is 3.42. The van der Waals surface area contributed by atoms with E-state index >= 15 is 0 Å². The van der Waals surface area contributed by atoms with Crippen molar-refractivity contribution in [3.05, 3.63) is 78.1 Å². The van der Waals surface area contributed by atoms with Crippen molar-refractivity contribution in [2.75, 3.05) is 16.4 Å². The van der Waals surface area contributed by atoms with E-state index in [-0.39, 0.29) is 12.0 Å². The fourth-order valence-electron chi connectivity index (χ4n) is 3.65. The minimum atomic E-state index is -0.529. The number of hydrogen-bond donors (Lipinski definition) is 4. The first-order valence-corrected chi connectivity index (χ1v) is 9.57. The molecule has 5 rings (SSSR count). The molecule has 0 bridgehead atoms. The standard InChI is InChI=1S/C21H20N8O/c22-20-27-21(25-14-7-2-1-3-8-14)28-29(20)18-11-17(23-12-24-18)26-19-15-9-5-4-6-13(15)10-16(19)30/h1-9,11-12,16,19,30H,10H2,(H,23,24,26)(H3,22,25,27,28)/t16-,19+/m0/s1. The van der Waals surface area contributed by atoms with Crippen LogP contribution in [-0.2, 0) is 6.42 Å². The lowest BCUT2D eigenvalue weighted by atomic mass is 10.1. The van der Waals surface area contributed by atoms with Crippen molar-refractivity contribution in [2.24, 2.45) is 0 Å². The monoisotopic (exact) mass is 400 g/mol. The van der Waals surface area contributed by atoms with Gasteiger partial charge in [-0.15, -0.1) is 5.10 Å². The zero-order valence-electron chi connectivity index (χ0n) is 16.0. The van der Waals surface area contributed by atoms with Gasteiger partial charge in [-0.05, 0) is 23.3 Å². The van der Waals surface area contributed by atoms with E-state index in [2.05, 4.69) is 30.7 Å². The molecule has 4 aromatic rings. The number of nitrogens with one attached hydrogen (secondary N) is 2. The Bertz CT molecular complexity index is 1180. The van der Waals surface area contributed by atoms with Crippen LogP contribution < -0.4 is 16.4 Å². The number of aromatic nitrogens is 5. The molecule has 0 saturated heterocycles. The Hall–Kier alpha value is -3.98. The predicted molar refractivity (Wildman–Crippen MR) is 114 cm³/mol. The Labute approximate surface area is 172 Å². The highest BCUT2D eigenvalue weighted by Crippen LogP contribution is 2.33. The molecule has 30 heavy (non-hydrogen) atoms. The minimum absolute atomic E-state index is 0.198. The van der Waals surface area contributed by atoms with E-state index in [9.17, 15) is 5.11 Å². The summed E-state index contributed by atoms with van der Waals surface area (Å²) >= 11 is 0. The number of nitrogens with two attached hydrogens (primary N) is 1. The van der Waals surface area contributed by atoms with E-state index < -0.39 is 6.10 Å². The number of nitrogens with zero attached hydrogens (tertiary/aromatic N) is 5. The number of para-hydroxylation sites is 1. The van der Waals surface area contributed by atoms with Gasteiger partial charge >= 0.3 is 0 Å². The molecule has 0 saturated carbocycles. The fourth-order valence-corrected chi connectivity index (χ4v) is 3.65. The lowest BCUT2D eigenvalue weighted by molar-refractivity contribution is 0.165. The first-order chi connectivity index (χ1) is 14.7. The number of nitrogen functional groups attached to an aromatic ring is 1. The van der Waals surface area contributed by atoms with Crippen LogP contribution in [0.3, 0.4) is 0 Å². The van der Waals surface area contributed by atoms with E-state index in [1.54, 1.807) is 6.07 Å². The number of aliphatic hydroxyl groups is 1. The number of hydrogen-bond acceptors (Lipinski definition) is 8. The molecule has 150 valence electrons. The molecule has 0 spiro atoms. The second kappa shape index (κ2) is 7.45. The number of benzene rings is 2. The SMILES string of the molecule is Nc1nc(Nc2ccccc2)nn1-c1cc(N[C@@H]2c3ccccc3C[C@@H]2O)ncn1. The van der Waals surface area contributed by atoms with Crippen LogP contribution in [0.5, 0.6) is 0 Å². The van der Waals surface area contributed by atoms with Crippen molar-refractivity contribution in [1.82, 2.24) is 24.7 Å². The van der Waals surface area contributed by atoms with Crippen molar-refractivity contribution in [3.8, 4) is 5.82 Å². The Kier molecular flexibility index (Phi) is 4.49. The highest BCUT2D eigenvalue weighted by molar-refractivity contribution is 5.55. The summed E-state index contributed by atoms with van der Waals surface area (Å²) in [5.74, 6) is 1.60. The summed E-state index contributed by atoms with van der Waals surface area (Å²) < 4.78 is 1.44. The molecule has 0 amide bonds. The molecular formula is C21H20N8O. The van der Waals surface area contributed by atoms with Gasteiger partial charge in [-0.3, -0.25) is 0 Å². The van der Waals surface area contributed by atoms with Crippen molar-refractivity contribution in [2.45, 2.75) is 18.6 Å². The molecule has 2 atom stereocenters. The van der Waals surface area contributed by atoms with Crippen LogP contribution >= 0.6 is 0 Å². The van der Waals surface area contributed by atoms with E-state index in [4.69, 9.17) is 5.73 Å². The molecule has 1 aliphatic carbocycles. The summed E-state index contributed by atoms with van der Waals surface area (Å²) in [4.78, 5) is 12.8. The lowest BCUT2D eigenvalue weighted by Gasteiger charge is -2.18. The zero-order chi connectivity index (χ0) is 20.5. The largest absolute Gasteiger partial charge is 0.390 e. The average molecular weight is 400 g/mol. The van der Waals surface area contributed by atoms with Gasteiger partial charge in [0.25, 0.3) is 0 Å². The summed E-state index contributed by atoms with van der Waals surface area (Å²) in [7, 11) is 0. The second-order valence-electron chi connectivity index (χ2n) is 7.05. The predicted octanol–water partition coefficient (Wildman–Crippen LogP) is 2.45. The van der Waals surface area contributed by atoms with E-state index in [0.29, 0.717) is 24.0 Å². The topological polar surface area (TPSA) is 127 Å². The van der Waals surface area contributed by atoms with Gasteiger partial charge in [0, 0.05) is 18.2 Å². The van der Waals surface area contributed by atoms with Gasteiger partial charge in [0.1, 0.15) is 12.1 Å². The molecule has 5 N–H and O–H groups in total. The maximum atomic E-state index is 10.5. The van der Waals surface area contributed by atoms with Crippen LogP contribution in [0.1, 0.15) is 17.2 Å². The molecule has 9 heteroatoms. The number of anilines is 4. The molecule has 9 nitrogen and oxygen atoms in total. The molecule has 0 radical (unpaired) electrons. The van der Waals surface area contributed by atoms with Crippen LogP contribution in [-0.4, -0.2) is 35.9 Å². The van der Waals surface area contributed by atoms with Crippen molar-refractivity contribution < 1.29 is 5.11 Å². The van der Waals surface area contributed by atoms with Crippen LogP contribution in [0.2, 0.25) is 0 Å². The van der Waals surface area contributed by atoms with E-state index in [1.807, 2.05) is 54.6 Å². The third-order valence-corrected chi connectivity index (χ3v) is 5.04. The van der Waals surface area contributed by atoms with Crippen LogP contribution in [0, 0.1) is 0 Å². The smallest absolute Gasteiger partial charge is 0.248 e. The number of aliphatic hydroxyl groups excluding tert-OH is 1. The Balaban J connectivity index is 1.39. The summed E-state index contributed by atoms with van der Waals surface area (Å²) in [6.45, 7) is 0. The second-order valence-corrected chi connectivity index (χ2v) is 7.05. The summed E-state index contributed by atoms with van der Waals surface area (Å²) in [5.41, 5.74) is 9.11. The van der Waals surface area contributed by atoms with Crippen LogP contribution in [0.25, 0.3) is 5.82 Å². The summed E-state index contributed by atoms with van der Waals surface area (Å²) in [6, 6.07) is 19.1. The molecule has 0 fully saturated rings. The first-order valence-electron chi connectivity index (χ1n) is 9.57. The Morgan fingerprint density at radius 3 is 2.70 bits per heavy atom. The van der Waals surface area contributed by atoms with Gasteiger partial charge in [-0.1, -0.05) is 42.5 Å². The van der Waals surface area contributed by atoms with Gasteiger partial charge in [-0.25, -0.2) is 9.97 Å². The average Bonchev–Trinajstić information content (AvgIpc) is 3.28. The van der Waals surface area contributed by atoms with Crippen molar-refractivity contribution in [1.29, 1.82) is 0 Å². The van der Waals surface area contributed by atoms with E-state index in [1.165, 1.54) is 11.0 Å². The fraction of sp³-hybridized carbons (Fsp3) is 0.143. The van der Waals surface area contributed by atoms with Crippen LogP contribution in [0.15, 0.2) is 67.0 Å². The van der Waals surface area contributed by atoms with Gasteiger partial charge in [0.05, 0.1) is 12.1 Å². The van der Waals surface area contributed by atoms with E-state index in [0.717, 1.165) is 16.8 Å².